The second-order valence-electron chi connectivity index (χ2n) is 4.42. The van der Waals surface area contributed by atoms with Crippen LogP contribution in [0.15, 0.2) is 18.2 Å². The average Bonchev–Trinajstić information content (AvgIpc) is 2.27. The molecule has 5 nitrogen and oxygen atoms in total. The molecule has 1 heterocycles. The molecule has 1 aliphatic heterocycles. The fourth-order valence-electron chi connectivity index (χ4n) is 2.06. The Morgan fingerprint density at radius 3 is 2.78 bits per heavy atom. The van der Waals surface area contributed by atoms with Crippen LogP contribution in [0.25, 0.3) is 0 Å². The summed E-state index contributed by atoms with van der Waals surface area (Å²) in [5, 5.41) is 14.2. The van der Waals surface area contributed by atoms with Crippen molar-refractivity contribution in [3.8, 4) is 0 Å². The summed E-state index contributed by atoms with van der Waals surface area (Å²) < 4.78 is 0. The zero-order valence-corrected chi connectivity index (χ0v) is 11.0. The molecule has 18 heavy (non-hydrogen) atoms. The highest BCUT2D eigenvalue weighted by molar-refractivity contribution is 6.32. The van der Waals surface area contributed by atoms with Gasteiger partial charge in [0.05, 0.1) is 4.92 Å². The topological polar surface area (TPSA) is 58.4 Å². The second-order valence-corrected chi connectivity index (χ2v) is 4.83. The van der Waals surface area contributed by atoms with E-state index < -0.39 is 4.92 Å². The lowest BCUT2D eigenvalue weighted by atomic mass is 10.1. The quantitative estimate of drug-likeness (QED) is 0.656. The lowest BCUT2D eigenvalue weighted by Crippen LogP contribution is -2.56. The van der Waals surface area contributed by atoms with E-state index in [9.17, 15) is 10.1 Å². The number of nitrogens with one attached hydrogen (secondary N) is 1. The molecule has 0 aromatic heterocycles. The van der Waals surface area contributed by atoms with Crippen molar-refractivity contribution in [2.45, 2.75) is 19.5 Å². The highest BCUT2D eigenvalue weighted by Gasteiger charge is 2.24. The number of benzene rings is 1. The zero-order valence-electron chi connectivity index (χ0n) is 10.2. The Morgan fingerprint density at radius 1 is 1.56 bits per heavy atom. The third kappa shape index (κ3) is 2.80. The summed E-state index contributed by atoms with van der Waals surface area (Å²) in [6.07, 6.45) is 0. The predicted octanol–water partition coefficient (Wildman–Crippen LogP) is 2.04. The Labute approximate surface area is 111 Å². The van der Waals surface area contributed by atoms with Crippen LogP contribution in [0.1, 0.15) is 12.5 Å². The van der Waals surface area contributed by atoms with E-state index in [4.69, 9.17) is 11.6 Å². The van der Waals surface area contributed by atoms with Crippen molar-refractivity contribution in [2.24, 2.45) is 0 Å². The fourth-order valence-corrected chi connectivity index (χ4v) is 2.25. The molecule has 0 amide bonds. The summed E-state index contributed by atoms with van der Waals surface area (Å²) >= 11 is 5.80. The number of likely N-dealkylation sites (N-methyl/N-ethyl adjacent to an activating group) is 1. The summed E-state index contributed by atoms with van der Waals surface area (Å²) in [5.74, 6) is 0. The molecular weight excluding hydrogens is 254 g/mol. The van der Waals surface area contributed by atoms with Crippen LogP contribution in [0, 0.1) is 10.1 Å². The van der Waals surface area contributed by atoms with Gasteiger partial charge >= 0.3 is 0 Å². The molecule has 0 atom stereocenters. The molecular formula is C12H16ClN3O2. The SMILES string of the molecule is CCN(Cc1ccc(Cl)c([N+](=O)[O-])c1)C1CNC1. The van der Waals surface area contributed by atoms with Gasteiger partial charge in [-0.1, -0.05) is 24.6 Å². The van der Waals surface area contributed by atoms with Gasteiger partial charge < -0.3 is 5.32 Å². The third-order valence-electron chi connectivity index (χ3n) is 3.28. The summed E-state index contributed by atoms with van der Waals surface area (Å²) in [4.78, 5) is 12.7. The first-order valence-electron chi connectivity index (χ1n) is 5.99. The van der Waals surface area contributed by atoms with Gasteiger partial charge in [-0.3, -0.25) is 15.0 Å². The van der Waals surface area contributed by atoms with Crippen LogP contribution in [-0.2, 0) is 6.54 Å². The van der Waals surface area contributed by atoms with Crippen LogP contribution >= 0.6 is 11.6 Å². The standard InChI is InChI=1S/C12H16ClN3O2/c1-2-15(10-6-14-7-10)8-9-3-4-11(13)12(5-9)16(17)18/h3-5,10,14H,2,6-8H2,1H3. The number of nitrogens with zero attached hydrogens (tertiary/aromatic N) is 2. The molecule has 0 bridgehead atoms. The molecule has 1 fully saturated rings. The van der Waals surface area contributed by atoms with Gasteiger partial charge in [-0.2, -0.15) is 0 Å². The average molecular weight is 270 g/mol. The molecule has 0 saturated carbocycles. The molecule has 1 N–H and O–H groups in total. The van der Waals surface area contributed by atoms with E-state index in [1.807, 2.05) is 6.07 Å². The van der Waals surface area contributed by atoms with E-state index in [0.29, 0.717) is 6.04 Å². The Balaban J connectivity index is 2.12. The maximum absolute atomic E-state index is 10.8. The smallest absolute Gasteiger partial charge is 0.288 e. The van der Waals surface area contributed by atoms with Crippen LogP contribution in [0.4, 0.5) is 5.69 Å². The van der Waals surface area contributed by atoms with Crippen LogP contribution in [-0.4, -0.2) is 35.5 Å². The molecule has 2 rings (SSSR count). The van der Waals surface area contributed by atoms with Crippen molar-refractivity contribution in [1.82, 2.24) is 10.2 Å². The molecule has 1 aromatic rings. The number of rotatable bonds is 5. The minimum absolute atomic E-state index is 0.0167. The molecule has 1 aliphatic rings. The summed E-state index contributed by atoms with van der Waals surface area (Å²) in [5.41, 5.74) is 0.914. The van der Waals surface area contributed by atoms with Gasteiger partial charge in [-0.25, -0.2) is 0 Å². The third-order valence-corrected chi connectivity index (χ3v) is 3.60. The monoisotopic (exact) mass is 269 g/mol. The van der Waals surface area contributed by atoms with Crippen molar-refractivity contribution in [3.05, 3.63) is 38.9 Å². The van der Waals surface area contributed by atoms with E-state index in [1.54, 1.807) is 12.1 Å². The molecule has 98 valence electrons. The van der Waals surface area contributed by atoms with Crippen molar-refractivity contribution < 1.29 is 4.92 Å². The first kappa shape index (κ1) is 13.3. The van der Waals surface area contributed by atoms with Gasteiger partial charge in [0.1, 0.15) is 5.02 Å². The van der Waals surface area contributed by atoms with E-state index >= 15 is 0 Å². The fraction of sp³-hybridized carbons (Fsp3) is 0.500. The molecule has 6 heteroatoms. The molecule has 0 radical (unpaired) electrons. The Hall–Kier alpha value is -1.17. The highest BCUT2D eigenvalue weighted by Crippen LogP contribution is 2.26. The van der Waals surface area contributed by atoms with E-state index in [0.717, 1.165) is 31.7 Å². The summed E-state index contributed by atoms with van der Waals surface area (Å²) in [7, 11) is 0. The maximum Gasteiger partial charge on any atom is 0.288 e. The molecule has 0 unspecified atom stereocenters. The number of hydrogen-bond acceptors (Lipinski definition) is 4. The maximum atomic E-state index is 10.8. The second kappa shape index (κ2) is 5.65. The van der Waals surface area contributed by atoms with Gasteiger partial charge in [0, 0.05) is 31.7 Å². The van der Waals surface area contributed by atoms with Crippen molar-refractivity contribution in [2.75, 3.05) is 19.6 Å². The minimum atomic E-state index is -0.437. The Morgan fingerprint density at radius 2 is 2.28 bits per heavy atom. The van der Waals surface area contributed by atoms with Gasteiger partial charge in [0.15, 0.2) is 0 Å². The van der Waals surface area contributed by atoms with Crippen LogP contribution in [0.2, 0.25) is 5.02 Å². The van der Waals surface area contributed by atoms with E-state index in [-0.39, 0.29) is 10.7 Å². The van der Waals surface area contributed by atoms with E-state index in [1.165, 1.54) is 0 Å². The van der Waals surface area contributed by atoms with Crippen molar-refractivity contribution in [1.29, 1.82) is 0 Å². The Bertz CT molecular complexity index is 449. The molecule has 0 spiro atoms. The number of nitro groups is 1. The van der Waals surface area contributed by atoms with Gasteiger partial charge in [-0.05, 0) is 18.2 Å². The molecule has 1 saturated heterocycles. The first-order chi connectivity index (χ1) is 8.61. The lowest BCUT2D eigenvalue weighted by Gasteiger charge is -2.37. The van der Waals surface area contributed by atoms with Gasteiger partial charge in [0.25, 0.3) is 5.69 Å². The Kier molecular flexibility index (Phi) is 4.16. The van der Waals surface area contributed by atoms with Crippen molar-refractivity contribution >= 4 is 17.3 Å². The largest absolute Gasteiger partial charge is 0.314 e. The van der Waals surface area contributed by atoms with E-state index in [2.05, 4.69) is 17.1 Å². The highest BCUT2D eigenvalue weighted by atomic mass is 35.5. The molecule has 0 aliphatic carbocycles. The number of nitro benzene ring substituents is 1. The lowest BCUT2D eigenvalue weighted by molar-refractivity contribution is -0.384. The van der Waals surface area contributed by atoms with Gasteiger partial charge in [0.2, 0.25) is 0 Å². The number of hydrogen-bond donors (Lipinski definition) is 1. The van der Waals surface area contributed by atoms with Crippen LogP contribution in [0.5, 0.6) is 0 Å². The van der Waals surface area contributed by atoms with Gasteiger partial charge in [-0.15, -0.1) is 0 Å². The summed E-state index contributed by atoms with van der Waals surface area (Å²) in [6.45, 7) is 5.74. The normalized spacial score (nSPS) is 15.7. The predicted molar refractivity (Wildman–Crippen MR) is 70.8 cm³/mol. The number of halogens is 1. The first-order valence-corrected chi connectivity index (χ1v) is 6.37. The van der Waals surface area contributed by atoms with Crippen LogP contribution in [0.3, 0.4) is 0 Å². The van der Waals surface area contributed by atoms with Crippen molar-refractivity contribution in [3.63, 3.8) is 0 Å². The molecule has 1 aromatic carbocycles. The minimum Gasteiger partial charge on any atom is -0.314 e. The van der Waals surface area contributed by atoms with Crippen LogP contribution < -0.4 is 5.32 Å². The summed E-state index contributed by atoms with van der Waals surface area (Å²) in [6, 6.07) is 5.55. The zero-order chi connectivity index (χ0) is 13.1.